The lowest BCUT2D eigenvalue weighted by Crippen LogP contribution is -2.62. The first-order valence-corrected chi connectivity index (χ1v) is 14.3. The molecule has 208 valence electrons. The number of amides is 1. The summed E-state index contributed by atoms with van der Waals surface area (Å²) in [7, 11) is 1.81. The van der Waals surface area contributed by atoms with Crippen LogP contribution in [0.25, 0.3) is 0 Å². The molecule has 6 heteroatoms. The number of pyridine rings is 1. The van der Waals surface area contributed by atoms with E-state index in [1.807, 2.05) is 31.9 Å². The predicted octanol–water partition coefficient (Wildman–Crippen LogP) is 5.38. The van der Waals surface area contributed by atoms with Gasteiger partial charge in [0.05, 0.1) is 23.9 Å². The second-order valence-corrected chi connectivity index (χ2v) is 12.8. The topological polar surface area (TPSA) is 48.9 Å². The number of benzene rings is 1. The van der Waals surface area contributed by atoms with Crippen LogP contribution in [0.1, 0.15) is 86.2 Å². The van der Waals surface area contributed by atoms with Crippen molar-refractivity contribution >= 4 is 5.91 Å². The summed E-state index contributed by atoms with van der Waals surface area (Å²) in [6, 6.07) is 11.8. The van der Waals surface area contributed by atoms with E-state index in [1.54, 1.807) is 6.20 Å². The van der Waals surface area contributed by atoms with E-state index < -0.39 is 0 Å². The molecule has 1 aromatic heterocycles. The van der Waals surface area contributed by atoms with Crippen LogP contribution in [0.4, 0.5) is 0 Å². The number of aromatic nitrogens is 1. The Hall–Kier alpha value is -2.28. The zero-order valence-electron chi connectivity index (χ0n) is 24.9. The zero-order valence-corrected chi connectivity index (χ0v) is 24.9. The van der Waals surface area contributed by atoms with Crippen LogP contribution in [0.5, 0.6) is 0 Å². The maximum Gasteiger partial charge on any atom is 0.255 e. The number of hydrogen-bond acceptors (Lipinski definition) is 5. The number of methoxy groups -OCH3 is 1. The molecule has 3 heterocycles. The molecule has 0 unspecified atom stereocenters. The van der Waals surface area contributed by atoms with Crippen molar-refractivity contribution < 1.29 is 9.53 Å². The Morgan fingerprint density at radius 3 is 2.29 bits per heavy atom. The molecule has 2 aromatic rings. The molecule has 0 saturated carbocycles. The number of piperazine rings is 1. The molecule has 0 spiro atoms. The molecule has 2 fully saturated rings. The Morgan fingerprint density at radius 2 is 1.74 bits per heavy atom. The third-order valence-corrected chi connectivity index (χ3v) is 9.02. The number of nitrogens with zero attached hydrogens (tertiary/aromatic N) is 4. The average molecular weight is 521 g/mol. The third kappa shape index (κ3) is 5.98. The van der Waals surface area contributed by atoms with Gasteiger partial charge in [-0.05, 0) is 68.7 Å². The highest BCUT2D eigenvalue weighted by atomic mass is 16.5. The summed E-state index contributed by atoms with van der Waals surface area (Å²) >= 11 is 0. The SMILES string of the molecule is COC[C@@H](c1ccc(C(C)(C)C)cc1)N1CCN(C2(C)CCN(C(=O)c3c(C)ccnc3C)CC2)C[C@@H]1C. The summed E-state index contributed by atoms with van der Waals surface area (Å²) in [6.45, 7) is 20.9. The molecule has 1 amide bonds. The van der Waals surface area contributed by atoms with Crippen LogP contribution in [0, 0.1) is 13.8 Å². The van der Waals surface area contributed by atoms with Crippen LogP contribution >= 0.6 is 0 Å². The molecule has 0 bridgehead atoms. The summed E-state index contributed by atoms with van der Waals surface area (Å²) in [6.07, 6.45) is 3.78. The molecule has 0 N–H and O–H groups in total. The molecule has 2 aliphatic heterocycles. The lowest BCUT2D eigenvalue weighted by molar-refractivity contribution is -0.0406. The maximum atomic E-state index is 13.3. The van der Waals surface area contributed by atoms with E-state index in [4.69, 9.17) is 4.74 Å². The second-order valence-electron chi connectivity index (χ2n) is 12.8. The Balaban J connectivity index is 1.40. The first kappa shape index (κ1) is 28.7. The van der Waals surface area contributed by atoms with Gasteiger partial charge in [0.25, 0.3) is 5.91 Å². The van der Waals surface area contributed by atoms with Crippen molar-refractivity contribution in [3.8, 4) is 0 Å². The molecule has 38 heavy (non-hydrogen) atoms. The van der Waals surface area contributed by atoms with Crippen LogP contribution in [-0.2, 0) is 10.2 Å². The zero-order chi connectivity index (χ0) is 27.7. The summed E-state index contributed by atoms with van der Waals surface area (Å²) in [4.78, 5) is 25.0. The van der Waals surface area contributed by atoms with Gasteiger partial charge >= 0.3 is 0 Å². The summed E-state index contributed by atoms with van der Waals surface area (Å²) < 4.78 is 5.71. The van der Waals surface area contributed by atoms with Crippen LogP contribution in [-0.4, -0.2) is 83.6 Å². The highest BCUT2D eigenvalue weighted by molar-refractivity contribution is 5.96. The van der Waals surface area contributed by atoms with E-state index in [2.05, 4.69) is 73.7 Å². The van der Waals surface area contributed by atoms with Gasteiger partial charge in [-0.3, -0.25) is 19.6 Å². The van der Waals surface area contributed by atoms with Crippen molar-refractivity contribution in [1.82, 2.24) is 19.7 Å². The largest absolute Gasteiger partial charge is 0.383 e. The van der Waals surface area contributed by atoms with E-state index in [9.17, 15) is 4.79 Å². The van der Waals surface area contributed by atoms with Gasteiger partial charge in [-0.2, -0.15) is 0 Å². The van der Waals surface area contributed by atoms with Gasteiger partial charge in [0.1, 0.15) is 0 Å². The summed E-state index contributed by atoms with van der Waals surface area (Å²) in [5.41, 5.74) is 5.58. The number of likely N-dealkylation sites (tertiary alicyclic amines) is 1. The number of ether oxygens (including phenoxy) is 1. The fourth-order valence-corrected chi connectivity index (χ4v) is 6.35. The number of piperidine rings is 1. The quantitative estimate of drug-likeness (QED) is 0.512. The number of carbonyl (C=O) groups excluding carboxylic acids is 1. The van der Waals surface area contributed by atoms with Crippen LogP contribution < -0.4 is 0 Å². The first-order valence-electron chi connectivity index (χ1n) is 14.3. The Morgan fingerprint density at radius 1 is 1.08 bits per heavy atom. The van der Waals surface area contributed by atoms with Gasteiger partial charge in [0.15, 0.2) is 0 Å². The normalized spacial score (nSPS) is 21.9. The Bertz CT molecular complexity index is 1080. The molecular formula is C32H48N4O2. The van der Waals surface area contributed by atoms with Crippen LogP contribution in [0.15, 0.2) is 36.5 Å². The van der Waals surface area contributed by atoms with E-state index in [1.165, 1.54) is 11.1 Å². The lowest BCUT2D eigenvalue weighted by Gasteiger charge is -2.52. The van der Waals surface area contributed by atoms with Crippen molar-refractivity contribution in [3.05, 3.63) is 64.5 Å². The number of hydrogen-bond donors (Lipinski definition) is 0. The van der Waals surface area contributed by atoms with E-state index >= 15 is 0 Å². The summed E-state index contributed by atoms with van der Waals surface area (Å²) in [5.74, 6) is 0.133. The fraction of sp³-hybridized carbons (Fsp3) is 0.625. The molecule has 6 nitrogen and oxygen atoms in total. The van der Waals surface area contributed by atoms with Gasteiger partial charge in [-0.15, -0.1) is 0 Å². The molecule has 1 aromatic carbocycles. The van der Waals surface area contributed by atoms with Gasteiger partial charge < -0.3 is 9.64 Å². The fourth-order valence-electron chi connectivity index (χ4n) is 6.35. The van der Waals surface area contributed by atoms with Crippen molar-refractivity contribution in [3.63, 3.8) is 0 Å². The van der Waals surface area contributed by atoms with Crippen molar-refractivity contribution in [1.29, 1.82) is 0 Å². The van der Waals surface area contributed by atoms with Crippen LogP contribution in [0.3, 0.4) is 0 Å². The van der Waals surface area contributed by atoms with Crippen molar-refractivity contribution in [2.75, 3.05) is 46.4 Å². The predicted molar refractivity (Wildman–Crippen MR) is 155 cm³/mol. The standard InChI is InChI=1S/C32H48N4O2/c1-23-13-16-33-25(3)29(23)30(37)34-17-14-32(7,15-18-34)35-19-20-36(24(2)21-35)28(22-38-8)26-9-11-27(12-10-26)31(4,5)6/h9-13,16,24,28H,14-15,17-22H2,1-8H3/t24-,28-/m0/s1. The van der Waals surface area contributed by atoms with Gasteiger partial charge in [0.2, 0.25) is 0 Å². The molecule has 0 radical (unpaired) electrons. The molecule has 2 atom stereocenters. The first-order chi connectivity index (χ1) is 17.9. The Labute approximate surface area is 230 Å². The molecule has 2 aliphatic rings. The lowest BCUT2D eigenvalue weighted by atomic mass is 9.85. The van der Waals surface area contributed by atoms with Crippen molar-refractivity contribution in [2.24, 2.45) is 0 Å². The minimum atomic E-state index is 0.112. The number of carbonyl (C=O) groups is 1. The van der Waals surface area contributed by atoms with Gasteiger partial charge in [-0.1, -0.05) is 45.0 Å². The molecular weight excluding hydrogens is 472 g/mol. The minimum absolute atomic E-state index is 0.112. The van der Waals surface area contributed by atoms with Gasteiger partial charge in [-0.25, -0.2) is 0 Å². The summed E-state index contributed by atoms with van der Waals surface area (Å²) in [5, 5.41) is 0. The van der Waals surface area contributed by atoms with Gasteiger partial charge in [0, 0.05) is 57.6 Å². The average Bonchev–Trinajstić information content (AvgIpc) is 2.87. The molecule has 0 aliphatic carbocycles. The monoisotopic (exact) mass is 520 g/mol. The number of rotatable bonds is 6. The highest BCUT2D eigenvalue weighted by Crippen LogP contribution is 2.34. The van der Waals surface area contributed by atoms with E-state index in [0.29, 0.717) is 12.6 Å². The maximum absolute atomic E-state index is 13.3. The number of aryl methyl sites for hydroxylation is 2. The Kier molecular flexibility index (Phi) is 8.65. The molecule has 4 rings (SSSR count). The second kappa shape index (κ2) is 11.4. The minimum Gasteiger partial charge on any atom is -0.383 e. The third-order valence-electron chi connectivity index (χ3n) is 9.02. The van der Waals surface area contributed by atoms with E-state index in [0.717, 1.165) is 62.4 Å². The smallest absolute Gasteiger partial charge is 0.255 e. The highest BCUT2D eigenvalue weighted by Gasteiger charge is 2.41. The van der Waals surface area contributed by atoms with E-state index in [-0.39, 0.29) is 22.9 Å². The molecule has 2 saturated heterocycles. The van der Waals surface area contributed by atoms with Crippen molar-refractivity contribution in [2.45, 2.75) is 84.3 Å². The van der Waals surface area contributed by atoms with Crippen LogP contribution in [0.2, 0.25) is 0 Å².